The Morgan fingerprint density at radius 3 is 2.64 bits per heavy atom. The molecule has 6 nitrogen and oxygen atoms in total. The first-order chi connectivity index (χ1) is 13.6. The van der Waals surface area contributed by atoms with E-state index >= 15 is 0 Å². The van der Waals surface area contributed by atoms with Gasteiger partial charge in [-0.05, 0) is 37.1 Å². The largest absolute Gasteiger partial charge is 0.449 e. The Balaban J connectivity index is 1.50. The maximum atomic E-state index is 13.0. The average Bonchev–Trinajstić information content (AvgIpc) is 3.08. The molecule has 6 heteroatoms. The van der Waals surface area contributed by atoms with Crippen LogP contribution in [0.1, 0.15) is 29.0 Å². The van der Waals surface area contributed by atoms with Crippen LogP contribution in [-0.2, 0) is 11.3 Å². The molecule has 1 atom stereocenters. The number of benzene rings is 2. The average molecular weight is 377 g/mol. The molecule has 1 saturated heterocycles. The Labute approximate surface area is 163 Å². The third kappa shape index (κ3) is 3.77. The quantitative estimate of drug-likeness (QED) is 0.713. The fourth-order valence-electron chi connectivity index (χ4n) is 3.82. The number of anilines is 1. The summed E-state index contributed by atoms with van der Waals surface area (Å²) < 4.78 is 5.55. The smallest absolute Gasteiger partial charge is 0.286 e. The van der Waals surface area contributed by atoms with Crippen LogP contribution in [0.25, 0.3) is 11.0 Å². The first kappa shape index (κ1) is 18.3. The van der Waals surface area contributed by atoms with E-state index in [2.05, 4.69) is 22.3 Å². The van der Waals surface area contributed by atoms with Crippen molar-refractivity contribution in [2.75, 3.05) is 18.4 Å². The van der Waals surface area contributed by atoms with E-state index in [1.165, 1.54) is 5.56 Å². The first-order valence-corrected chi connectivity index (χ1v) is 9.50. The Morgan fingerprint density at radius 2 is 1.86 bits per heavy atom. The normalized spacial score (nSPS) is 17.5. The second-order valence-corrected chi connectivity index (χ2v) is 7.22. The zero-order valence-electron chi connectivity index (χ0n) is 15.6. The third-order valence-corrected chi connectivity index (χ3v) is 5.19. The molecule has 28 heavy (non-hydrogen) atoms. The summed E-state index contributed by atoms with van der Waals surface area (Å²) in [6.45, 7) is 2.48. The molecule has 3 aromatic rings. The summed E-state index contributed by atoms with van der Waals surface area (Å²) in [6.07, 6.45) is 1.78. The number of carbonyl (C=O) groups excluding carboxylic acids is 2. The van der Waals surface area contributed by atoms with Crippen molar-refractivity contribution in [3.05, 3.63) is 65.9 Å². The summed E-state index contributed by atoms with van der Waals surface area (Å²) in [6, 6.07) is 17.5. The Morgan fingerprint density at radius 1 is 1.11 bits per heavy atom. The number of rotatable bonds is 5. The van der Waals surface area contributed by atoms with Crippen molar-refractivity contribution < 1.29 is 14.0 Å². The topological polar surface area (TPSA) is 88.6 Å². The van der Waals surface area contributed by atoms with Crippen molar-refractivity contribution >= 4 is 28.5 Å². The van der Waals surface area contributed by atoms with Crippen molar-refractivity contribution in [1.29, 1.82) is 0 Å². The first-order valence-electron chi connectivity index (χ1n) is 9.50. The van der Waals surface area contributed by atoms with Gasteiger partial charge in [0.15, 0.2) is 0 Å². The van der Waals surface area contributed by atoms with Crippen LogP contribution in [0, 0.1) is 5.92 Å². The summed E-state index contributed by atoms with van der Waals surface area (Å²) in [5, 5.41) is 3.59. The Hall–Kier alpha value is -3.12. The number of nitrogens with two attached hydrogens (primary N) is 1. The van der Waals surface area contributed by atoms with Gasteiger partial charge in [-0.25, -0.2) is 0 Å². The minimum atomic E-state index is -0.694. The Kier molecular flexibility index (Phi) is 5.12. The minimum absolute atomic E-state index is 0.00787. The highest BCUT2D eigenvalue weighted by Gasteiger charge is 2.28. The maximum Gasteiger partial charge on any atom is 0.286 e. The van der Waals surface area contributed by atoms with Crippen LogP contribution in [0.2, 0.25) is 0 Å². The minimum Gasteiger partial charge on any atom is -0.449 e. The van der Waals surface area contributed by atoms with Gasteiger partial charge in [0.1, 0.15) is 11.3 Å². The monoisotopic (exact) mass is 377 g/mol. The van der Waals surface area contributed by atoms with Gasteiger partial charge in [-0.15, -0.1) is 0 Å². The lowest BCUT2D eigenvalue weighted by molar-refractivity contribution is -0.121. The molecule has 1 unspecified atom stereocenters. The lowest BCUT2D eigenvalue weighted by atomic mass is 9.96. The molecular formula is C22H23N3O3. The number of nitrogens with zero attached hydrogens (tertiary/aromatic N) is 1. The molecule has 2 heterocycles. The van der Waals surface area contributed by atoms with Crippen LogP contribution in [-0.4, -0.2) is 29.8 Å². The molecule has 4 rings (SSSR count). The zero-order chi connectivity index (χ0) is 19.5. The van der Waals surface area contributed by atoms with E-state index in [1.54, 1.807) is 6.07 Å². The molecule has 144 valence electrons. The highest BCUT2D eigenvalue weighted by molar-refractivity contribution is 6.10. The predicted molar refractivity (Wildman–Crippen MR) is 108 cm³/mol. The number of hydrogen-bond acceptors (Lipinski definition) is 4. The SMILES string of the molecule is NC(=O)c1oc2ccccc2c1NC(=O)C1CCCN(Cc2ccccc2)C1. The molecule has 0 aliphatic carbocycles. The van der Waals surface area contributed by atoms with Crippen molar-refractivity contribution in [3.8, 4) is 0 Å². The number of fused-ring (bicyclic) bond motifs is 1. The maximum absolute atomic E-state index is 13.0. The van der Waals surface area contributed by atoms with Gasteiger partial charge in [-0.1, -0.05) is 42.5 Å². The zero-order valence-corrected chi connectivity index (χ0v) is 15.6. The molecule has 2 amide bonds. The third-order valence-electron chi connectivity index (χ3n) is 5.19. The number of likely N-dealkylation sites (tertiary alicyclic amines) is 1. The fourth-order valence-corrected chi connectivity index (χ4v) is 3.82. The molecule has 3 N–H and O–H groups in total. The molecule has 1 fully saturated rings. The molecule has 1 aromatic heterocycles. The number of para-hydroxylation sites is 1. The number of carbonyl (C=O) groups is 2. The van der Waals surface area contributed by atoms with Gasteiger partial charge in [0.05, 0.1) is 5.92 Å². The summed E-state index contributed by atoms with van der Waals surface area (Å²) in [5.41, 5.74) is 7.58. The predicted octanol–water partition coefficient (Wildman–Crippen LogP) is 3.38. The highest BCUT2D eigenvalue weighted by Crippen LogP contribution is 2.31. The van der Waals surface area contributed by atoms with E-state index in [1.807, 2.05) is 36.4 Å². The van der Waals surface area contributed by atoms with Crippen LogP contribution in [0.15, 0.2) is 59.0 Å². The molecule has 2 aromatic carbocycles. The van der Waals surface area contributed by atoms with Crippen molar-refractivity contribution in [2.24, 2.45) is 11.7 Å². The molecule has 1 aliphatic heterocycles. The summed E-state index contributed by atoms with van der Waals surface area (Å²) in [7, 11) is 0. The van der Waals surface area contributed by atoms with Gasteiger partial charge in [-0.2, -0.15) is 0 Å². The highest BCUT2D eigenvalue weighted by atomic mass is 16.3. The van der Waals surface area contributed by atoms with Crippen LogP contribution in [0.3, 0.4) is 0 Å². The summed E-state index contributed by atoms with van der Waals surface area (Å²) >= 11 is 0. The Bertz CT molecular complexity index is 997. The number of primary amides is 1. The van der Waals surface area contributed by atoms with E-state index in [0.717, 1.165) is 25.9 Å². The summed E-state index contributed by atoms with van der Waals surface area (Å²) in [4.78, 5) is 27.0. The molecule has 0 bridgehead atoms. The van der Waals surface area contributed by atoms with E-state index in [-0.39, 0.29) is 17.6 Å². The van der Waals surface area contributed by atoms with Gasteiger partial charge in [-0.3, -0.25) is 14.5 Å². The standard InChI is InChI=1S/C22H23N3O3/c23-21(26)20-19(17-10-4-5-11-18(17)28-20)24-22(27)16-9-6-12-25(14-16)13-15-7-2-1-3-8-15/h1-5,7-8,10-11,16H,6,9,12-14H2,(H2,23,26)(H,24,27). The molecule has 0 radical (unpaired) electrons. The van der Waals surface area contributed by atoms with Crippen molar-refractivity contribution in [3.63, 3.8) is 0 Å². The van der Waals surface area contributed by atoms with Crippen molar-refractivity contribution in [2.45, 2.75) is 19.4 Å². The number of furan rings is 1. The molecule has 1 aliphatic rings. The van der Waals surface area contributed by atoms with Crippen LogP contribution < -0.4 is 11.1 Å². The fraction of sp³-hybridized carbons (Fsp3) is 0.273. The van der Waals surface area contributed by atoms with Crippen LogP contribution in [0.4, 0.5) is 5.69 Å². The van der Waals surface area contributed by atoms with Crippen LogP contribution in [0.5, 0.6) is 0 Å². The van der Waals surface area contributed by atoms with Gasteiger partial charge >= 0.3 is 0 Å². The lowest BCUT2D eigenvalue weighted by Crippen LogP contribution is -2.40. The van der Waals surface area contributed by atoms with Crippen LogP contribution >= 0.6 is 0 Å². The lowest BCUT2D eigenvalue weighted by Gasteiger charge is -2.32. The van der Waals surface area contributed by atoms with Gasteiger partial charge < -0.3 is 15.5 Å². The van der Waals surface area contributed by atoms with E-state index < -0.39 is 5.91 Å². The van der Waals surface area contributed by atoms with Crippen molar-refractivity contribution in [1.82, 2.24) is 4.90 Å². The second kappa shape index (κ2) is 7.86. The number of piperidine rings is 1. The molecule has 0 spiro atoms. The van der Waals surface area contributed by atoms with E-state index in [9.17, 15) is 9.59 Å². The van der Waals surface area contributed by atoms with E-state index in [4.69, 9.17) is 10.2 Å². The number of amides is 2. The van der Waals surface area contributed by atoms with E-state index in [0.29, 0.717) is 23.2 Å². The number of nitrogens with one attached hydrogen (secondary N) is 1. The second-order valence-electron chi connectivity index (χ2n) is 7.22. The molecular weight excluding hydrogens is 354 g/mol. The molecule has 0 saturated carbocycles. The van der Waals surface area contributed by atoms with Gasteiger partial charge in [0.25, 0.3) is 5.91 Å². The summed E-state index contributed by atoms with van der Waals surface area (Å²) in [5.74, 6) is -0.953. The number of hydrogen-bond donors (Lipinski definition) is 2. The van der Waals surface area contributed by atoms with Gasteiger partial charge in [0, 0.05) is 18.5 Å². The van der Waals surface area contributed by atoms with Gasteiger partial charge in [0.2, 0.25) is 11.7 Å².